The zero-order valence-electron chi connectivity index (χ0n) is 8.76. The molecule has 3 aliphatic heterocycles. The quantitative estimate of drug-likeness (QED) is 0.452. The first kappa shape index (κ1) is 9.80. The van der Waals surface area contributed by atoms with Crippen molar-refractivity contribution in [3.05, 3.63) is 11.1 Å². The van der Waals surface area contributed by atoms with E-state index >= 15 is 0 Å². The fourth-order valence-electron chi connectivity index (χ4n) is 2.38. The molecule has 0 aromatic heterocycles. The summed E-state index contributed by atoms with van der Waals surface area (Å²) in [5.74, 6) is -1.11. The number of hydrogen-bond donors (Lipinski definition) is 0. The maximum atomic E-state index is 11.6. The van der Waals surface area contributed by atoms with Crippen molar-refractivity contribution < 1.29 is 28.5 Å². The van der Waals surface area contributed by atoms with Gasteiger partial charge >= 0.3 is 11.9 Å². The van der Waals surface area contributed by atoms with Crippen LogP contribution in [-0.2, 0) is 28.5 Å². The lowest BCUT2D eigenvalue weighted by Gasteiger charge is -2.10. The summed E-state index contributed by atoms with van der Waals surface area (Å²) >= 11 is 0. The van der Waals surface area contributed by atoms with E-state index in [-0.39, 0.29) is 23.4 Å². The second kappa shape index (κ2) is 3.05. The van der Waals surface area contributed by atoms with Crippen molar-refractivity contribution in [3.63, 3.8) is 0 Å². The highest BCUT2D eigenvalue weighted by Crippen LogP contribution is 2.51. The summed E-state index contributed by atoms with van der Waals surface area (Å²) in [6.07, 6.45) is -1.16. The molecule has 0 amide bonds. The molecular weight excluding hydrogens is 216 g/mol. The van der Waals surface area contributed by atoms with Crippen molar-refractivity contribution >= 4 is 11.9 Å². The van der Waals surface area contributed by atoms with E-state index in [9.17, 15) is 9.59 Å². The van der Waals surface area contributed by atoms with Crippen molar-refractivity contribution in [2.75, 3.05) is 14.2 Å². The first-order chi connectivity index (χ1) is 7.69. The van der Waals surface area contributed by atoms with Crippen LogP contribution in [0.15, 0.2) is 11.1 Å². The number of esters is 2. The largest absolute Gasteiger partial charge is 0.466 e. The Morgan fingerprint density at radius 1 is 0.938 bits per heavy atom. The van der Waals surface area contributed by atoms with Crippen LogP contribution in [0.1, 0.15) is 0 Å². The Morgan fingerprint density at radius 3 is 1.75 bits per heavy atom. The number of methoxy groups -OCH3 is 2. The van der Waals surface area contributed by atoms with Gasteiger partial charge < -0.3 is 18.9 Å². The van der Waals surface area contributed by atoms with Crippen molar-refractivity contribution in [2.24, 2.45) is 0 Å². The van der Waals surface area contributed by atoms with Gasteiger partial charge in [-0.2, -0.15) is 0 Å². The highest BCUT2D eigenvalue weighted by molar-refractivity contribution is 6.03. The third-order valence-corrected chi connectivity index (χ3v) is 3.12. The zero-order valence-corrected chi connectivity index (χ0v) is 8.76. The van der Waals surface area contributed by atoms with Crippen molar-refractivity contribution in [1.29, 1.82) is 0 Å². The third-order valence-electron chi connectivity index (χ3n) is 3.12. The van der Waals surface area contributed by atoms with E-state index in [1.165, 1.54) is 14.2 Å². The Hall–Kier alpha value is -1.40. The average Bonchev–Trinajstić information content (AvgIpc) is 2.93. The molecule has 0 aromatic rings. The summed E-state index contributed by atoms with van der Waals surface area (Å²) in [5.41, 5.74) is 0.496. The van der Waals surface area contributed by atoms with Gasteiger partial charge in [-0.05, 0) is 0 Å². The molecule has 0 unspecified atom stereocenters. The summed E-state index contributed by atoms with van der Waals surface area (Å²) in [4.78, 5) is 23.2. The number of hydrogen-bond acceptors (Lipinski definition) is 6. The molecule has 2 bridgehead atoms. The molecule has 16 heavy (non-hydrogen) atoms. The van der Waals surface area contributed by atoms with Crippen molar-refractivity contribution in [1.82, 2.24) is 0 Å². The van der Waals surface area contributed by atoms with E-state index in [1.807, 2.05) is 0 Å². The van der Waals surface area contributed by atoms with Gasteiger partial charge in [0.05, 0.1) is 25.4 Å². The standard InChI is InChI=1S/C10H10O6/c1-13-9(11)3-4(10(12)14-2)6-8-7(16-8)5(3)15-6/h5-8H,1-2H3/t5-,6-,7-,8-/m1/s1. The number of carbonyl (C=O) groups excluding carboxylic acids is 2. The highest BCUT2D eigenvalue weighted by atomic mass is 16.7. The van der Waals surface area contributed by atoms with Crippen LogP contribution in [0, 0.1) is 0 Å². The van der Waals surface area contributed by atoms with E-state index < -0.39 is 24.1 Å². The molecular formula is C10H10O6. The molecule has 0 spiro atoms. The summed E-state index contributed by atoms with van der Waals surface area (Å²) in [7, 11) is 2.53. The van der Waals surface area contributed by atoms with Crippen LogP contribution >= 0.6 is 0 Å². The molecule has 0 aromatic carbocycles. The molecule has 0 saturated carbocycles. The van der Waals surface area contributed by atoms with Gasteiger partial charge in [0, 0.05) is 0 Å². The van der Waals surface area contributed by atoms with Crippen LogP contribution in [0.2, 0.25) is 0 Å². The first-order valence-corrected chi connectivity index (χ1v) is 4.90. The molecule has 0 aliphatic carbocycles. The second-order valence-corrected chi connectivity index (χ2v) is 3.85. The minimum Gasteiger partial charge on any atom is -0.466 e. The fraction of sp³-hybridized carbons (Fsp3) is 0.600. The Balaban J connectivity index is 2.03. The van der Waals surface area contributed by atoms with E-state index in [4.69, 9.17) is 9.47 Å². The molecule has 4 atom stereocenters. The van der Waals surface area contributed by atoms with Gasteiger partial charge in [0.25, 0.3) is 0 Å². The number of epoxide rings is 1. The van der Waals surface area contributed by atoms with Crippen molar-refractivity contribution in [2.45, 2.75) is 24.4 Å². The van der Waals surface area contributed by atoms with Crippen LogP contribution in [0.5, 0.6) is 0 Å². The molecule has 3 aliphatic rings. The normalized spacial score (nSPS) is 38.4. The Bertz CT molecular complexity index is 376. The number of ether oxygens (including phenoxy) is 4. The maximum absolute atomic E-state index is 11.6. The van der Waals surface area contributed by atoms with Crippen molar-refractivity contribution in [3.8, 4) is 0 Å². The summed E-state index contributed by atoms with van der Waals surface area (Å²) in [6, 6.07) is 0. The Kier molecular flexibility index (Phi) is 1.87. The number of rotatable bonds is 2. The van der Waals surface area contributed by atoms with E-state index in [0.717, 1.165) is 0 Å². The summed E-state index contributed by atoms with van der Waals surface area (Å²) < 4.78 is 20.1. The van der Waals surface area contributed by atoms with Gasteiger partial charge in [0.15, 0.2) is 0 Å². The first-order valence-electron chi connectivity index (χ1n) is 4.90. The summed E-state index contributed by atoms with van der Waals surface area (Å²) in [5, 5.41) is 0. The molecule has 0 N–H and O–H groups in total. The monoisotopic (exact) mass is 226 g/mol. The Morgan fingerprint density at radius 2 is 1.38 bits per heavy atom. The minimum atomic E-state index is -0.554. The van der Waals surface area contributed by atoms with Crippen LogP contribution < -0.4 is 0 Å². The molecule has 2 saturated heterocycles. The van der Waals surface area contributed by atoms with E-state index in [2.05, 4.69) is 9.47 Å². The molecule has 3 heterocycles. The van der Waals surface area contributed by atoms with Gasteiger partial charge in [-0.1, -0.05) is 0 Å². The third kappa shape index (κ3) is 1.03. The average molecular weight is 226 g/mol. The number of carbonyl (C=O) groups is 2. The predicted octanol–water partition coefficient (Wildman–Crippen LogP) is -0.823. The lowest BCUT2D eigenvalue weighted by molar-refractivity contribution is -0.139. The minimum absolute atomic E-state index is 0.104. The lowest BCUT2D eigenvalue weighted by Crippen LogP contribution is -2.28. The van der Waals surface area contributed by atoms with E-state index in [1.54, 1.807) is 0 Å². The molecule has 3 rings (SSSR count). The van der Waals surface area contributed by atoms with Gasteiger partial charge in [-0.3, -0.25) is 0 Å². The van der Waals surface area contributed by atoms with Gasteiger partial charge in [0.1, 0.15) is 24.4 Å². The zero-order chi connectivity index (χ0) is 11.4. The SMILES string of the molecule is COC(=O)C1=C(C(=O)OC)[C@H]2O[C@H]1[C@H]1O[C@@H]12. The van der Waals surface area contributed by atoms with Gasteiger partial charge in [0.2, 0.25) is 0 Å². The highest BCUT2D eigenvalue weighted by Gasteiger charge is 2.67. The second-order valence-electron chi connectivity index (χ2n) is 3.85. The fourth-order valence-corrected chi connectivity index (χ4v) is 2.38. The van der Waals surface area contributed by atoms with Gasteiger partial charge in [-0.15, -0.1) is 0 Å². The Labute approximate surface area is 91.1 Å². The molecule has 6 nitrogen and oxygen atoms in total. The van der Waals surface area contributed by atoms with Gasteiger partial charge in [-0.25, -0.2) is 9.59 Å². The predicted molar refractivity (Wildman–Crippen MR) is 48.4 cm³/mol. The molecule has 6 heteroatoms. The van der Waals surface area contributed by atoms with Crippen LogP contribution in [-0.4, -0.2) is 50.6 Å². The topological polar surface area (TPSA) is 74.4 Å². The number of fused-ring (bicyclic) bond motifs is 5. The van der Waals surface area contributed by atoms with E-state index in [0.29, 0.717) is 0 Å². The molecule has 2 fully saturated rings. The molecule has 86 valence electrons. The lowest BCUT2D eigenvalue weighted by atomic mass is 9.92. The summed E-state index contributed by atoms with van der Waals surface area (Å²) in [6.45, 7) is 0. The maximum Gasteiger partial charge on any atom is 0.337 e. The van der Waals surface area contributed by atoms with Crippen LogP contribution in [0.25, 0.3) is 0 Å². The van der Waals surface area contributed by atoms with Crippen LogP contribution in [0.4, 0.5) is 0 Å². The van der Waals surface area contributed by atoms with Crippen LogP contribution in [0.3, 0.4) is 0 Å². The molecule has 0 radical (unpaired) electrons. The smallest absolute Gasteiger partial charge is 0.337 e.